The molecule has 0 heterocycles. The molecule has 0 aliphatic rings. The van der Waals surface area contributed by atoms with Crippen molar-refractivity contribution >= 4 is 0 Å². The predicted octanol–water partition coefficient (Wildman–Crippen LogP) is 1.95. The van der Waals surface area contributed by atoms with Crippen molar-refractivity contribution in [2.45, 2.75) is 51.7 Å². The van der Waals surface area contributed by atoms with Crippen LogP contribution in [0.25, 0.3) is 0 Å². The molecule has 14 heavy (non-hydrogen) atoms. The Hall–Kier alpha value is -0.120. The van der Waals surface area contributed by atoms with Gasteiger partial charge in [0.1, 0.15) is 0 Å². The normalized spacial score (nSPS) is 13.3. The van der Waals surface area contributed by atoms with Gasteiger partial charge >= 0.3 is 0 Å². The summed E-state index contributed by atoms with van der Waals surface area (Å²) in [5.74, 6) is 0. The number of hydrogen-bond acceptors (Lipinski definition) is 3. The van der Waals surface area contributed by atoms with E-state index in [1.807, 2.05) is 13.8 Å². The van der Waals surface area contributed by atoms with Crippen LogP contribution in [0.2, 0.25) is 0 Å². The van der Waals surface area contributed by atoms with Gasteiger partial charge in [-0.1, -0.05) is 0 Å². The highest BCUT2D eigenvalue weighted by molar-refractivity contribution is 4.73. The fraction of sp³-hybridized carbons (Fsp3) is 1.00. The van der Waals surface area contributed by atoms with Crippen molar-refractivity contribution in [2.75, 3.05) is 20.3 Å². The smallest absolute Gasteiger partial charge is 0.0855 e. The number of nitrogens with two attached hydrogens (primary N) is 1. The van der Waals surface area contributed by atoms with Crippen LogP contribution in [0.3, 0.4) is 0 Å². The van der Waals surface area contributed by atoms with Crippen LogP contribution in [0.4, 0.5) is 0 Å². The van der Waals surface area contributed by atoms with Gasteiger partial charge in [0.15, 0.2) is 0 Å². The Morgan fingerprint density at radius 3 is 2.07 bits per heavy atom. The summed E-state index contributed by atoms with van der Waals surface area (Å²) in [7, 11) is 1.70. The molecule has 0 bridgehead atoms. The summed E-state index contributed by atoms with van der Waals surface area (Å²) in [5.41, 5.74) is 5.15. The van der Waals surface area contributed by atoms with E-state index in [9.17, 15) is 0 Å². The van der Waals surface area contributed by atoms with Gasteiger partial charge in [0.05, 0.1) is 17.8 Å². The molecule has 0 saturated heterocycles. The van der Waals surface area contributed by atoms with Gasteiger partial charge in [-0.3, -0.25) is 0 Å². The zero-order chi connectivity index (χ0) is 11.2. The van der Waals surface area contributed by atoms with Gasteiger partial charge in [-0.15, -0.1) is 0 Å². The molecular formula is C11H25NO2. The molecule has 0 radical (unpaired) electrons. The lowest BCUT2D eigenvalue weighted by atomic mass is 10.0. The van der Waals surface area contributed by atoms with E-state index in [1.165, 1.54) is 0 Å². The molecule has 0 aliphatic carbocycles. The number of hydrogen-bond donors (Lipinski definition) is 1. The Morgan fingerprint density at radius 2 is 1.64 bits per heavy atom. The molecule has 0 unspecified atom stereocenters. The van der Waals surface area contributed by atoms with Gasteiger partial charge in [-0.2, -0.15) is 0 Å². The van der Waals surface area contributed by atoms with E-state index in [-0.39, 0.29) is 11.2 Å². The van der Waals surface area contributed by atoms with Crippen molar-refractivity contribution in [1.29, 1.82) is 0 Å². The SMILES string of the molecule is COC(C)(C)COC(C)(C)CCCN. The van der Waals surface area contributed by atoms with E-state index in [1.54, 1.807) is 7.11 Å². The van der Waals surface area contributed by atoms with Crippen molar-refractivity contribution in [3.05, 3.63) is 0 Å². The second-order valence-electron chi connectivity index (χ2n) is 4.90. The lowest BCUT2D eigenvalue weighted by Crippen LogP contribution is -2.36. The monoisotopic (exact) mass is 203 g/mol. The molecule has 0 fully saturated rings. The molecule has 0 aromatic rings. The third-order valence-corrected chi connectivity index (χ3v) is 2.35. The second kappa shape index (κ2) is 5.69. The summed E-state index contributed by atoms with van der Waals surface area (Å²) in [6.45, 7) is 9.56. The maximum absolute atomic E-state index is 5.81. The fourth-order valence-electron chi connectivity index (χ4n) is 1.03. The summed E-state index contributed by atoms with van der Waals surface area (Å²) in [6, 6.07) is 0. The Bertz CT molecular complexity index is 155. The highest BCUT2D eigenvalue weighted by atomic mass is 16.5. The summed E-state index contributed by atoms with van der Waals surface area (Å²) in [5, 5.41) is 0. The van der Waals surface area contributed by atoms with Crippen LogP contribution in [-0.4, -0.2) is 31.5 Å². The number of ether oxygens (including phenoxy) is 2. The Balaban J connectivity index is 3.85. The van der Waals surface area contributed by atoms with E-state index < -0.39 is 0 Å². The number of rotatable bonds is 7. The zero-order valence-electron chi connectivity index (χ0n) is 10.2. The maximum atomic E-state index is 5.81. The van der Waals surface area contributed by atoms with Crippen LogP contribution in [0.5, 0.6) is 0 Å². The molecule has 0 aliphatic heterocycles. The average molecular weight is 203 g/mol. The van der Waals surface area contributed by atoms with Crippen LogP contribution in [0.1, 0.15) is 40.5 Å². The molecule has 0 aromatic carbocycles. The van der Waals surface area contributed by atoms with Gasteiger partial charge in [0.2, 0.25) is 0 Å². The highest BCUT2D eigenvalue weighted by Crippen LogP contribution is 2.19. The Kier molecular flexibility index (Phi) is 5.64. The van der Waals surface area contributed by atoms with Crippen molar-refractivity contribution < 1.29 is 9.47 Å². The minimum Gasteiger partial charge on any atom is -0.376 e. The molecule has 3 nitrogen and oxygen atoms in total. The van der Waals surface area contributed by atoms with Crippen LogP contribution in [0, 0.1) is 0 Å². The van der Waals surface area contributed by atoms with E-state index in [0.29, 0.717) is 6.61 Å². The van der Waals surface area contributed by atoms with Crippen molar-refractivity contribution in [3.63, 3.8) is 0 Å². The minimum absolute atomic E-state index is 0.102. The van der Waals surface area contributed by atoms with Gasteiger partial charge in [-0.25, -0.2) is 0 Å². The van der Waals surface area contributed by atoms with Crippen LogP contribution < -0.4 is 5.73 Å². The minimum atomic E-state index is -0.208. The molecule has 0 amide bonds. The van der Waals surface area contributed by atoms with Gasteiger partial charge in [0, 0.05) is 7.11 Å². The van der Waals surface area contributed by atoms with E-state index in [0.717, 1.165) is 19.4 Å². The first-order valence-corrected chi connectivity index (χ1v) is 5.22. The Morgan fingerprint density at radius 1 is 1.07 bits per heavy atom. The maximum Gasteiger partial charge on any atom is 0.0855 e. The van der Waals surface area contributed by atoms with Crippen molar-refractivity contribution in [3.8, 4) is 0 Å². The predicted molar refractivity (Wildman–Crippen MR) is 59.4 cm³/mol. The Labute approximate surface area is 88.0 Å². The molecule has 86 valence electrons. The topological polar surface area (TPSA) is 44.5 Å². The molecule has 0 atom stereocenters. The molecule has 0 spiro atoms. The molecular weight excluding hydrogens is 178 g/mol. The van der Waals surface area contributed by atoms with E-state index in [2.05, 4.69) is 13.8 Å². The van der Waals surface area contributed by atoms with E-state index >= 15 is 0 Å². The van der Waals surface area contributed by atoms with Crippen molar-refractivity contribution in [2.24, 2.45) is 5.73 Å². The molecule has 3 heteroatoms. The van der Waals surface area contributed by atoms with Crippen molar-refractivity contribution in [1.82, 2.24) is 0 Å². The first-order valence-electron chi connectivity index (χ1n) is 5.22. The second-order valence-corrected chi connectivity index (χ2v) is 4.90. The fourth-order valence-corrected chi connectivity index (χ4v) is 1.03. The van der Waals surface area contributed by atoms with E-state index in [4.69, 9.17) is 15.2 Å². The van der Waals surface area contributed by atoms with Gasteiger partial charge in [-0.05, 0) is 47.1 Å². The lowest BCUT2D eigenvalue weighted by Gasteiger charge is -2.31. The summed E-state index contributed by atoms with van der Waals surface area (Å²) < 4.78 is 11.1. The summed E-state index contributed by atoms with van der Waals surface area (Å²) in [6.07, 6.45) is 1.99. The highest BCUT2D eigenvalue weighted by Gasteiger charge is 2.23. The largest absolute Gasteiger partial charge is 0.376 e. The van der Waals surface area contributed by atoms with Crippen LogP contribution in [0.15, 0.2) is 0 Å². The first-order chi connectivity index (χ1) is 6.33. The summed E-state index contributed by atoms with van der Waals surface area (Å²) in [4.78, 5) is 0. The number of methoxy groups -OCH3 is 1. The van der Waals surface area contributed by atoms with Crippen LogP contribution >= 0.6 is 0 Å². The zero-order valence-corrected chi connectivity index (χ0v) is 10.2. The lowest BCUT2D eigenvalue weighted by molar-refractivity contribution is -0.109. The average Bonchev–Trinajstić information content (AvgIpc) is 2.12. The third-order valence-electron chi connectivity index (χ3n) is 2.35. The van der Waals surface area contributed by atoms with Gasteiger partial charge in [0.25, 0.3) is 0 Å². The molecule has 0 aromatic heterocycles. The first kappa shape index (κ1) is 13.9. The third kappa shape index (κ3) is 6.35. The van der Waals surface area contributed by atoms with Crippen LogP contribution in [-0.2, 0) is 9.47 Å². The standard InChI is InChI=1S/C11H25NO2/c1-10(2,7-6-8-12)14-9-11(3,4)13-5/h6-9,12H2,1-5H3. The quantitative estimate of drug-likeness (QED) is 0.688. The molecule has 0 rings (SSSR count). The molecule has 0 saturated carbocycles. The molecule has 2 N–H and O–H groups in total. The van der Waals surface area contributed by atoms with Gasteiger partial charge < -0.3 is 15.2 Å². The summed E-state index contributed by atoms with van der Waals surface area (Å²) >= 11 is 0.